The highest BCUT2D eigenvalue weighted by Crippen LogP contribution is 2.41. The third-order valence-electron chi connectivity index (χ3n) is 5.92. The van der Waals surface area contributed by atoms with E-state index in [2.05, 4.69) is 4.98 Å². The Morgan fingerprint density at radius 3 is 2.60 bits per heavy atom. The van der Waals surface area contributed by atoms with Gasteiger partial charge < -0.3 is 19.5 Å². The lowest BCUT2D eigenvalue weighted by molar-refractivity contribution is -0.140. The molecule has 7 nitrogen and oxygen atoms in total. The standard InChI is InChI=1S/C28H28N2O5/c1-4-14-35-23-12-11-20(15-18(23)2)26(31)24-25(19-8-7-10-22(16-19)34-3)30(28(33)27(24)32)17-21-9-5-6-13-29-21/h5-13,15-16,25,31H,4,14,17H2,1-3H3/b26-24-. The summed E-state index contributed by atoms with van der Waals surface area (Å²) in [4.78, 5) is 32.2. The number of rotatable bonds is 8. The first-order valence-corrected chi connectivity index (χ1v) is 11.5. The molecule has 2 aromatic carbocycles. The lowest BCUT2D eigenvalue weighted by Gasteiger charge is -2.25. The Morgan fingerprint density at radius 1 is 1.09 bits per heavy atom. The van der Waals surface area contributed by atoms with Crippen molar-refractivity contribution < 1.29 is 24.2 Å². The lowest BCUT2D eigenvalue weighted by Crippen LogP contribution is -2.29. The van der Waals surface area contributed by atoms with Gasteiger partial charge in [-0.2, -0.15) is 0 Å². The van der Waals surface area contributed by atoms with E-state index in [0.717, 1.165) is 12.0 Å². The van der Waals surface area contributed by atoms with E-state index in [1.165, 1.54) is 4.90 Å². The van der Waals surface area contributed by atoms with Gasteiger partial charge in [-0.25, -0.2) is 0 Å². The summed E-state index contributed by atoms with van der Waals surface area (Å²) >= 11 is 0. The van der Waals surface area contributed by atoms with Crippen molar-refractivity contribution in [1.82, 2.24) is 9.88 Å². The minimum absolute atomic E-state index is 0.0285. The van der Waals surface area contributed by atoms with Gasteiger partial charge >= 0.3 is 0 Å². The molecule has 3 aromatic rings. The normalized spacial score (nSPS) is 17.0. The van der Waals surface area contributed by atoms with Crippen molar-refractivity contribution in [3.63, 3.8) is 0 Å². The minimum atomic E-state index is -0.802. The Balaban J connectivity index is 1.83. The second-order valence-corrected chi connectivity index (χ2v) is 8.35. The molecule has 0 aliphatic carbocycles. The molecule has 1 unspecified atom stereocenters. The molecule has 1 aliphatic rings. The second kappa shape index (κ2) is 10.4. The Labute approximate surface area is 204 Å². The third kappa shape index (κ3) is 4.89. The molecular weight excluding hydrogens is 444 g/mol. The topological polar surface area (TPSA) is 89.0 Å². The van der Waals surface area contributed by atoms with E-state index in [4.69, 9.17) is 9.47 Å². The van der Waals surface area contributed by atoms with Crippen LogP contribution in [0.4, 0.5) is 0 Å². The van der Waals surface area contributed by atoms with Gasteiger partial charge in [0, 0.05) is 11.8 Å². The van der Waals surface area contributed by atoms with Crippen LogP contribution in [-0.4, -0.2) is 40.4 Å². The van der Waals surface area contributed by atoms with Gasteiger partial charge in [0.15, 0.2) is 0 Å². The Kier molecular flexibility index (Phi) is 7.15. The number of amides is 1. The maximum Gasteiger partial charge on any atom is 0.296 e. The fraction of sp³-hybridized carbons (Fsp3) is 0.250. The van der Waals surface area contributed by atoms with Crippen LogP contribution in [0.2, 0.25) is 0 Å². The molecule has 7 heteroatoms. The molecule has 0 saturated carbocycles. The number of ketones is 1. The van der Waals surface area contributed by atoms with Crippen LogP contribution < -0.4 is 9.47 Å². The first-order chi connectivity index (χ1) is 16.9. The summed E-state index contributed by atoms with van der Waals surface area (Å²) in [6.45, 7) is 4.60. The SMILES string of the molecule is CCCOc1ccc(/C(O)=C2/C(=O)C(=O)N(Cc3ccccn3)C2c2cccc(OC)c2)cc1C. The molecule has 1 saturated heterocycles. The van der Waals surface area contributed by atoms with Crippen LogP contribution in [0.15, 0.2) is 72.4 Å². The summed E-state index contributed by atoms with van der Waals surface area (Å²) in [7, 11) is 1.55. The number of carbonyl (C=O) groups is 2. The van der Waals surface area contributed by atoms with E-state index in [0.29, 0.717) is 34.9 Å². The number of nitrogens with zero attached hydrogens (tertiary/aromatic N) is 2. The number of ether oxygens (including phenoxy) is 2. The van der Waals surface area contributed by atoms with Gasteiger partial charge in [-0.05, 0) is 66.9 Å². The van der Waals surface area contributed by atoms with Gasteiger partial charge in [-0.15, -0.1) is 0 Å². The number of carbonyl (C=O) groups excluding carboxylic acids is 2. The maximum absolute atomic E-state index is 13.3. The first-order valence-electron chi connectivity index (χ1n) is 11.5. The van der Waals surface area contributed by atoms with Crippen molar-refractivity contribution in [3.05, 3.63) is 94.8 Å². The molecule has 0 radical (unpaired) electrons. The predicted octanol–water partition coefficient (Wildman–Crippen LogP) is 4.81. The zero-order valence-corrected chi connectivity index (χ0v) is 20.0. The van der Waals surface area contributed by atoms with Crippen molar-refractivity contribution in [2.45, 2.75) is 32.9 Å². The largest absolute Gasteiger partial charge is 0.507 e. The monoisotopic (exact) mass is 472 g/mol. The molecular formula is C28H28N2O5. The van der Waals surface area contributed by atoms with Gasteiger partial charge in [0.05, 0.1) is 37.6 Å². The summed E-state index contributed by atoms with van der Waals surface area (Å²) in [6, 6.07) is 17.0. The van der Waals surface area contributed by atoms with Crippen LogP contribution in [0.1, 0.15) is 41.8 Å². The Bertz CT molecular complexity index is 1270. The number of likely N-dealkylation sites (tertiary alicyclic amines) is 1. The van der Waals surface area contributed by atoms with Crippen molar-refractivity contribution in [2.75, 3.05) is 13.7 Å². The smallest absolute Gasteiger partial charge is 0.296 e. The number of aliphatic hydroxyl groups excluding tert-OH is 1. The molecule has 1 N–H and O–H groups in total. The van der Waals surface area contributed by atoms with Crippen LogP contribution in [0.5, 0.6) is 11.5 Å². The minimum Gasteiger partial charge on any atom is -0.507 e. The van der Waals surface area contributed by atoms with E-state index in [1.54, 1.807) is 61.8 Å². The number of benzene rings is 2. The van der Waals surface area contributed by atoms with E-state index in [1.807, 2.05) is 26.0 Å². The zero-order valence-electron chi connectivity index (χ0n) is 20.0. The van der Waals surface area contributed by atoms with E-state index in [-0.39, 0.29) is 17.9 Å². The molecule has 35 heavy (non-hydrogen) atoms. The van der Waals surface area contributed by atoms with Crippen molar-refractivity contribution in [2.24, 2.45) is 0 Å². The van der Waals surface area contributed by atoms with Gasteiger partial charge in [-0.3, -0.25) is 14.6 Å². The molecule has 2 heterocycles. The second-order valence-electron chi connectivity index (χ2n) is 8.35. The number of Topliss-reactive ketones (excluding diaryl/α,β-unsaturated/α-hetero) is 1. The van der Waals surface area contributed by atoms with Crippen LogP contribution in [-0.2, 0) is 16.1 Å². The summed E-state index contributed by atoms with van der Waals surface area (Å²) < 4.78 is 11.1. The number of hydrogen-bond acceptors (Lipinski definition) is 6. The van der Waals surface area contributed by atoms with Crippen molar-refractivity contribution >= 4 is 17.4 Å². The number of hydrogen-bond donors (Lipinski definition) is 1. The fourth-order valence-corrected chi connectivity index (χ4v) is 4.19. The fourth-order valence-electron chi connectivity index (χ4n) is 4.19. The highest BCUT2D eigenvalue weighted by Gasteiger charge is 2.46. The third-order valence-corrected chi connectivity index (χ3v) is 5.92. The van der Waals surface area contributed by atoms with Gasteiger partial charge in [0.2, 0.25) is 0 Å². The molecule has 180 valence electrons. The summed E-state index contributed by atoms with van der Waals surface area (Å²) in [5, 5.41) is 11.3. The molecule has 1 fully saturated rings. The van der Waals surface area contributed by atoms with E-state index < -0.39 is 17.7 Å². The number of methoxy groups -OCH3 is 1. The number of aliphatic hydroxyl groups is 1. The summed E-state index contributed by atoms with van der Waals surface area (Å²) in [5.74, 6) is -0.368. The highest BCUT2D eigenvalue weighted by atomic mass is 16.5. The molecule has 1 atom stereocenters. The molecule has 4 rings (SSSR count). The number of aryl methyl sites for hydroxylation is 1. The quantitative estimate of drug-likeness (QED) is 0.288. The van der Waals surface area contributed by atoms with E-state index in [9.17, 15) is 14.7 Å². The van der Waals surface area contributed by atoms with Gasteiger partial charge in [-0.1, -0.05) is 25.1 Å². The molecule has 1 aromatic heterocycles. The molecule has 0 spiro atoms. The lowest BCUT2D eigenvalue weighted by atomic mass is 9.94. The summed E-state index contributed by atoms with van der Waals surface area (Å²) in [5.41, 5.74) is 2.58. The average Bonchev–Trinajstić information content (AvgIpc) is 3.13. The van der Waals surface area contributed by atoms with Crippen LogP contribution in [0, 0.1) is 6.92 Å². The Hall–Kier alpha value is -4.13. The highest BCUT2D eigenvalue weighted by molar-refractivity contribution is 6.46. The van der Waals surface area contributed by atoms with Gasteiger partial charge in [0.25, 0.3) is 11.7 Å². The zero-order chi connectivity index (χ0) is 24.9. The predicted molar refractivity (Wildman–Crippen MR) is 132 cm³/mol. The first kappa shape index (κ1) is 24.0. The van der Waals surface area contributed by atoms with E-state index >= 15 is 0 Å². The number of aromatic nitrogens is 1. The Morgan fingerprint density at radius 2 is 1.91 bits per heavy atom. The van der Waals surface area contributed by atoms with Crippen molar-refractivity contribution in [3.8, 4) is 11.5 Å². The van der Waals surface area contributed by atoms with Crippen LogP contribution in [0.25, 0.3) is 5.76 Å². The molecule has 0 bridgehead atoms. The molecule has 1 aliphatic heterocycles. The van der Waals surface area contributed by atoms with Crippen LogP contribution in [0.3, 0.4) is 0 Å². The average molecular weight is 473 g/mol. The number of pyridine rings is 1. The maximum atomic E-state index is 13.3. The summed E-state index contributed by atoms with van der Waals surface area (Å²) in [6.07, 6.45) is 2.51. The molecule has 1 amide bonds. The van der Waals surface area contributed by atoms with Crippen LogP contribution >= 0.6 is 0 Å². The van der Waals surface area contributed by atoms with Gasteiger partial charge in [0.1, 0.15) is 17.3 Å². The van der Waals surface area contributed by atoms with Crippen molar-refractivity contribution in [1.29, 1.82) is 0 Å².